The average Bonchev–Trinajstić information content (AvgIpc) is 2.80. The number of sulfonamides is 1. The number of amides is 2. The van der Waals surface area contributed by atoms with E-state index < -0.39 is 22.0 Å². The molecule has 1 aliphatic heterocycles. The number of nitrogens with one attached hydrogen (secondary N) is 2. The zero-order valence-corrected chi connectivity index (χ0v) is 19.4. The van der Waals surface area contributed by atoms with Crippen molar-refractivity contribution < 1.29 is 22.7 Å². The Bertz CT molecular complexity index is 1060. The molecule has 2 aromatic carbocycles. The molecule has 2 atom stereocenters. The summed E-state index contributed by atoms with van der Waals surface area (Å²) >= 11 is 5.84. The monoisotopic (exact) mass is 479 g/mol. The number of benzene rings is 2. The molecular formula is C22H26ClN3O5S. The fraction of sp³-hybridized carbons (Fsp3) is 0.364. The summed E-state index contributed by atoms with van der Waals surface area (Å²) in [5.41, 5.74) is 0.565. The van der Waals surface area contributed by atoms with Crippen molar-refractivity contribution >= 4 is 39.1 Å². The SMILES string of the molecule is COc1ccc(S(=O)(=O)N2CCC[C@@H](C(=O)N[C@H](C)C(=O)Nc3ccc(Cl)cc3)C2)cc1. The number of ether oxygens (including phenoxy) is 1. The van der Waals surface area contributed by atoms with Crippen molar-refractivity contribution in [2.24, 2.45) is 5.92 Å². The van der Waals surface area contributed by atoms with Gasteiger partial charge in [0, 0.05) is 23.8 Å². The lowest BCUT2D eigenvalue weighted by Crippen LogP contribution is -2.49. The molecule has 0 aliphatic carbocycles. The minimum Gasteiger partial charge on any atom is -0.497 e. The lowest BCUT2D eigenvalue weighted by atomic mass is 9.98. The first-order valence-electron chi connectivity index (χ1n) is 10.2. The number of hydrogen-bond acceptors (Lipinski definition) is 5. The van der Waals surface area contributed by atoms with Crippen LogP contribution in [0.15, 0.2) is 53.4 Å². The Morgan fingerprint density at radius 1 is 1.12 bits per heavy atom. The minimum absolute atomic E-state index is 0.0612. The summed E-state index contributed by atoms with van der Waals surface area (Å²) < 4.78 is 32.4. The largest absolute Gasteiger partial charge is 0.497 e. The van der Waals surface area contributed by atoms with Crippen LogP contribution < -0.4 is 15.4 Å². The van der Waals surface area contributed by atoms with Crippen LogP contribution in [-0.2, 0) is 19.6 Å². The normalized spacial score (nSPS) is 17.9. The van der Waals surface area contributed by atoms with Gasteiger partial charge < -0.3 is 15.4 Å². The molecule has 1 heterocycles. The van der Waals surface area contributed by atoms with Crippen LogP contribution in [0.5, 0.6) is 5.75 Å². The Balaban J connectivity index is 1.60. The average molecular weight is 480 g/mol. The van der Waals surface area contributed by atoms with E-state index in [0.717, 1.165) is 0 Å². The molecule has 32 heavy (non-hydrogen) atoms. The van der Waals surface area contributed by atoms with Crippen LogP contribution in [0.3, 0.4) is 0 Å². The van der Waals surface area contributed by atoms with Gasteiger partial charge in [-0.25, -0.2) is 8.42 Å². The third-order valence-electron chi connectivity index (χ3n) is 5.32. The van der Waals surface area contributed by atoms with Gasteiger partial charge in [-0.1, -0.05) is 11.6 Å². The molecule has 8 nitrogen and oxygen atoms in total. The van der Waals surface area contributed by atoms with Gasteiger partial charge in [0.05, 0.1) is 17.9 Å². The van der Waals surface area contributed by atoms with Crippen molar-refractivity contribution in [2.75, 3.05) is 25.5 Å². The Kier molecular flexibility index (Phi) is 7.76. The first kappa shape index (κ1) is 24.0. The van der Waals surface area contributed by atoms with Crippen LogP contribution in [0.2, 0.25) is 5.02 Å². The van der Waals surface area contributed by atoms with Crippen molar-refractivity contribution in [1.29, 1.82) is 0 Å². The van der Waals surface area contributed by atoms with E-state index in [-0.39, 0.29) is 23.3 Å². The van der Waals surface area contributed by atoms with Crippen molar-refractivity contribution in [2.45, 2.75) is 30.7 Å². The highest BCUT2D eigenvalue weighted by Crippen LogP contribution is 2.25. The second-order valence-corrected chi connectivity index (χ2v) is 9.98. The van der Waals surface area contributed by atoms with Gasteiger partial charge in [0.2, 0.25) is 21.8 Å². The van der Waals surface area contributed by atoms with E-state index in [2.05, 4.69) is 10.6 Å². The van der Waals surface area contributed by atoms with E-state index in [9.17, 15) is 18.0 Å². The van der Waals surface area contributed by atoms with Gasteiger partial charge in [0.15, 0.2) is 0 Å². The van der Waals surface area contributed by atoms with Crippen molar-refractivity contribution in [3.63, 3.8) is 0 Å². The van der Waals surface area contributed by atoms with E-state index in [0.29, 0.717) is 35.8 Å². The maximum atomic E-state index is 13.0. The van der Waals surface area contributed by atoms with Gasteiger partial charge in [-0.2, -0.15) is 4.31 Å². The maximum Gasteiger partial charge on any atom is 0.246 e. The number of carbonyl (C=O) groups is 2. The number of rotatable bonds is 7. The third kappa shape index (κ3) is 5.79. The molecule has 10 heteroatoms. The Labute approximate surface area is 192 Å². The summed E-state index contributed by atoms with van der Waals surface area (Å²) in [4.78, 5) is 25.3. The van der Waals surface area contributed by atoms with Crippen molar-refractivity contribution in [3.8, 4) is 5.75 Å². The van der Waals surface area contributed by atoms with E-state index in [1.165, 1.54) is 23.5 Å². The number of piperidine rings is 1. The topological polar surface area (TPSA) is 105 Å². The van der Waals surface area contributed by atoms with Gasteiger partial charge in [-0.3, -0.25) is 9.59 Å². The molecule has 0 bridgehead atoms. The molecule has 0 unspecified atom stereocenters. The fourth-order valence-electron chi connectivity index (χ4n) is 3.45. The molecule has 172 valence electrons. The number of carbonyl (C=O) groups excluding carboxylic acids is 2. The highest BCUT2D eigenvalue weighted by Gasteiger charge is 2.34. The molecule has 3 rings (SSSR count). The first-order chi connectivity index (χ1) is 15.2. The van der Waals surface area contributed by atoms with E-state index in [1.54, 1.807) is 43.3 Å². The Morgan fingerprint density at radius 3 is 2.41 bits per heavy atom. The summed E-state index contributed by atoms with van der Waals surface area (Å²) in [5.74, 6) is -0.703. The van der Waals surface area contributed by atoms with Crippen LogP contribution in [0.25, 0.3) is 0 Å². The Hall–Kier alpha value is -2.62. The molecule has 2 N–H and O–H groups in total. The molecule has 2 aromatic rings. The van der Waals surface area contributed by atoms with Crippen LogP contribution in [-0.4, -0.2) is 50.8 Å². The summed E-state index contributed by atoms with van der Waals surface area (Å²) in [7, 11) is -2.23. The van der Waals surface area contributed by atoms with E-state index >= 15 is 0 Å². The zero-order valence-electron chi connectivity index (χ0n) is 17.9. The van der Waals surface area contributed by atoms with Crippen LogP contribution >= 0.6 is 11.6 Å². The van der Waals surface area contributed by atoms with E-state index in [1.807, 2.05) is 0 Å². The molecule has 2 amide bonds. The van der Waals surface area contributed by atoms with Crippen molar-refractivity contribution in [1.82, 2.24) is 9.62 Å². The highest BCUT2D eigenvalue weighted by atomic mass is 35.5. The fourth-order valence-corrected chi connectivity index (χ4v) is 5.10. The van der Waals surface area contributed by atoms with Crippen LogP contribution in [0.4, 0.5) is 5.69 Å². The third-order valence-corrected chi connectivity index (χ3v) is 7.45. The predicted molar refractivity (Wildman–Crippen MR) is 122 cm³/mol. The number of nitrogens with zero attached hydrogens (tertiary/aromatic N) is 1. The smallest absolute Gasteiger partial charge is 0.246 e. The summed E-state index contributed by atoms with van der Waals surface area (Å²) in [5, 5.41) is 5.96. The van der Waals surface area contributed by atoms with E-state index in [4.69, 9.17) is 16.3 Å². The van der Waals surface area contributed by atoms with Crippen molar-refractivity contribution in [3.05, 3.63) is 53.6 Å². The van der Waals surface area contributed by atoms with Gasteiger partial charge in [0.25, 0.3) is 0 Å². The van der Waals surface area contributed by atoms with Gasteiger partial charge in [0.1, 0.15) is 11.8 Å². The zero-order chi connectivity index (χ0) is 23.3. The van der Waals surface area contributed by atoms with Gasteiger partial charge in [-0.05, 0) is 68.3 Å². The standard InChI is InChI=1S/C22H26ClN3O5S/c1-15(21(27)25-18-7-5-17(23)6-8-18)24-22(28)16-4-3-13-26(14-16)32(29,30)20-11-9-19(31-2)10-12-20/h5-12,15-16H,3-4,13-14H2,1-2H3,(H,24,28)(H,25,27)/t15-,16-/m1/s1. The molecule has 0 radical (unpaired) electrons. The highest BCUT2D eigenvalue weighted by molar-refractivity contribution is 7.89. The maximum absolute atomic E-state index is 13.0. The molecular weight excluding hydrogens is 454 g/mol. The lowest BCUT2D eigenvalue weighted by molar-refractivity contribution is -0.129. The molecule has 1 aliphatic rings. The second-order valence-electron chi connectivity index (χ2n) is 7.60. The number of anilines is 1. The summed E-state index contributed by atoms with van der Waals surface area (Å²) in [6.07, 6.45) is 1.10. The van der Waals surface area contributed by atoms with Gasteiger partial charge >= 0.3 is 0 Å². The van der Waals surface area contributed by atoms with Crippen LogP contribution in [0, 0.1) is 5.92 Å². The minimum atomic E-state index is -3.73. The lowest BCUT2D eigenvalue weighted by Gasteiger charge is -2.31. The summed E-state index contributed by atoms with van der Waals surface area (Å²) in [6, 6.07) is 12.0. The first-order valence-corrected chi connectivity index (χ1v) is 12.0. The molecule has 1 fully saturated rings. The molecule has 1 saturated heterocycles. The quantitative estimate of drug-likeness (QED) is 0.635. The van der Waals surface area contributed by atoms with Gasteiger partial charge in [-0.15, -0.1) is 0 Å². The molecule has 0 aromatic heterocycles. The second kappa shape index (κ2) is 10.3. The summed E-state index contributed by atoms with van der Waals surface area (Å²) in [6.45, 7) is 1.98. The molecule has 0 spiro atoms. The predicted octanol–water partition coefficient (Wildman–Crippen LogP) is 2.89. The number of methoxy groups -OCH3 is 1. The number of hydrogen-bond donors (Lipinski definition) is 2. The molecule has 0 saturated carbocycles. The van der Waals surface area contributed by atoms with Crippen LogP contribution in [0.1, 0.15) is 19.8 Å². The number of halogens is 1. The Morgan fingerprint density at radius 2 is 1.78 bits per heavy atom.